The Morgan fingerprint density at radius 1 is 1.30 bits per heavy atom. The third-order valence-corrected chi connectivity index (χ3v) is 4.00. The van der Waals surface area contributed by atoms with Crippen LogP contribution in [0.15, 0.2) is 0 Å². The lowest BCUT2D eigenvalue weighted by atomic mass is 10.0. The number of ether oxygens (including phenoxy) is 1. The summed E-state index contributed by atoms with van der Waals surface area (Å²) >= 11 is 0. The smallest absolute Gasteiger partial charge is 0.239 e. The van der Waals surface area contributed by atoms with Crippen LogP contribution < -0.4 is 10.6 Å². The third-order valence-electron chi connectivity index (χ3n) is 4.00. The number of nitrogens with one attached hydrogen (secondary N) is 2. The molecule has 0 spiro atoms. The minimum Gasteiger partial charge on any atom is -0.379 e. The Bertz CT molecular complexity index is 299. The molecule has 1 unspecified atom stereocenters. The number of hydrogen-bond acceptors (Lipinski definition) is 4. The first-order chi connectivity index (χ1) is 9.36. The predicted octanol–water partition coefficient (Wildman–Crippen LogP) is 0.848. The summed E-state index contributed by atoms with van der Waals surface area (Å²) in [7, 11) is 1.81. The zero-order valence-corrected chi connectivity index (χ0v) is 13.7. The fourth-order valence-corrected chi connectivity index (χ4v) is 2.39. The number of hydrogen-bond donors (Lipinski definition) is 2. The number of rotatable bonds is 7. The van der Waals surface area contributed by atoms with E-state index in [-0.39, 0.29) is 5.91 Å². The molecule has 0 aromatic carbocycles. The number of morpholine rings is 1. The van der Waals surface area contributed by atoms with E-state index in [4.69, 9.17) is 4.74 Å². The van der Waals surface area contributed by atoms with E-state index in [1.807, 2.05) is 20.9 Å². The Hall–Kier alpha value is -0.650. The molecule has 5 heteroatoms. The summed E-state index contributed by atoms with van der Waals surface area (Å²) in [6, 6.07) is 0.399. The maximum absolute atomic E-state index is 12.2. The van der Waals surface area contributed by atoms with E-state index in [1.165, 1.54) is 0 Å². The van der Waals surface area contributed by atoms with Crippen molar-refractivity contribution >= 4 is 5.91 Å². The maximum Gasteiger partial charge on any atom is 0.239 e. The van der Waals surface area contributed by atoms with Crippen molar-refractivity contribution in [1.82, 2.24) is 15.5 Å². The molecule has 1 aliphatic heterocycles. The van der Waals surface area contributed by atoms with Crippen LogP contribution in [0.5, 0.6) is 0 Å². The summed E-state index contributed by atoms with van der Waals surface area (Å²) in [4.78, 5) is 14.6. The van der Waals surface area contributed by atoms with E-state index in [2.05, 4.69) is 29.4 Å². The highest BCUT2D eigenvalue weighted by Crippen LogP contribution is 2.13. The zero-order valence-electron chi connectivity index (χ0n) is 13.7. The van der Waals surface area contributed by atoms with Gasteiger partial charge in [0.2, 0.25) is 5.91 Å². The first-order valence-corrected chi connectivity index (χ1v) is 7.66. The number of carbonyl (C=O) groups excluding carboxylic acids is 1. The van der Waals surface area contributed by atoms with Gasteiger partial charge in [-0.1, -0.05) is 13.8 Å². The Morgan fingerprint density at radius 3 is 2.40 bits per heavy atom. The molecule has 1 rings (SSSR count). The minimum atomic E-state index is -0.520. The Kier molecular flexibility index (Phi) is 6.92. The van der Waals surface area contributed by atoms with Crippen LogP contribution in [0.1, 0.15) is 34.1 Å². The maximum atomic E-state index is 12.2. The van der Waals surface area contributed by atoms with Crippen LogP contribution in [0.25, 0.3) is 0 Å². The van der Waals surface area contributed by atoms with Gasteiger partial charge in [-0.3, -0.25) is 9.69 Å². The molecule has 1 aliphatic rings. The standard InChI is InChI=1S/C15H31N3O2/c1-12(2)10-13(18-6-8-20-9-7-18)11-17-14(19)15(3,4)16-5/h12-13,16H,6-11H2,1-5H3,(H,17,19). The van der Waals surface area contributed by atoms with Gasteiger partial charge < -0.3 is 15.4 Å². The summed E-state index contributed by atoms with van der Waals surface area (Å²) in [5.74, 6) is 0.680. The highest BCUT2D eigenvalue weighted by atomic mass is 16.5. The van der Waals surface area contributed by atoms with Gasteiger partial charge in [0.25, 0.3) is 0 Å². The molecule has 0 aromatic rings. The second-order valence-electron chi connectivity index (χ2n) is 6.52. The number of carbonyl (C=O) groups is 1. The lowest BCUT2D eigenvalue weighted by Crippen LogP contribution is -2.55. The van der Waals surface area contributed by atoms with E-state index < -0.39 is 5.54 Å². The van der Waals surface area contributed by atoms with Gasteiger partial charge in [-0.25, -0.2) is 0 Å². The molecule has 1 fully saturated rings. The molecule has 5 nitrogen and oxygen atoms in total. The predicted molar refractivity (Wildman–Crippen MR) is 81.8 cm³/mol. The van der Waals surface area contributed by atoms with Gasteiger partial charge >= 0.3 is 0 Å². The second-order valence-corrected chi connectivity index (χ2v) is 6.52. The SMILES string of the molecule is CNC(C)(C)C(=O)NCC(CC(C)C)N1CCOCC1. The van der Waals surface area contributed by atoms with Crippen LogP contribution >= 0.6 is 0 Å². The molecule has 20 heavy (non-hydrogen) atoms. The number of nitrogens with zero attached hydrogens (tertiary/aromatic N) is 1. The van der Waals surface area contributed by atoms with Gasteiger partial charge in [-0.05, 0) is 33.2 Å². The van der Waals surface area contributed by atoms with Gasteiger partial charge in [-0.2, -0.15) is 0 Å². The summed E-state index contributed by atoms with van der Waals surface area (Å²) < 4.78 is 5.41. The third kappa shape index (κ3) is 5.38. The van der Waals surface area contributed by atoms with Crippen LogP contribution in [0.2, 0.25) is 0 Å². The fourth-order valence-electron chi connectivity index (χ4n) is 2.39. The lowest BCUT2D eigenvalue weighted by molar-refractivity contribution is -0.126. The van der Waals surface area contributed by atoms with Crippen LogP contribution in [0.4, 0.5) is 0 Å². The van der Waals surface area contributed by atoms with Gasteiger partial charge in [-0.15, -0.1) is 0 Å². The zero-order chi connectivity index (χ0) is 15.2. The van der Waals surface area contributed by atoms with E-state index in [9.17, 15) is 4.79 Å². The molecular weight excluding hydrogens is 254 g/mol. The van der Waals surface area contributed by atoms with Crippen LogP contribution in [0.3, 0.4) is 0 Å². The molecule has 1 amide bonds. The summed E-state index contributed by atoms with van der Waals surface area (Å²) in [5, 5.41) is 6.13. The van der Waals surface area contributed by atoms with Crippen molar-refractivity contribution in [3.63, 3.8) is 0 Å². The highest BCUT2D eigenvalue weighted by Gasteiger charge is 2.27. The minimum absolute atomic E-state index is 0.0574. The van der Waals surface area contributed by atoms with Crippen LogP contribution in [-0.2, 0) is 9.53 Å². The highest BCUT2D eigenvalue weighted by molar-refractivity contribution is 5.85. The van der Waals surface area contributed by atoms with Crippen molar-refractivity contribution in [3.8, 4) is 0 Å². The topological polar surface area (TPSA) is 53.6 Å². The Balaban J connectivity index is 2.54. The van der Waals surface area contributed by atoms with Crippen molar-refractivity contribution in [2.45, 2.75) is 45.7 Å². The Labute approximate surface area is 123 Å². The molecule has 0 aliphatic carbocycles. The van der Waals surface area contributed by atoms with Crippen LogP contribution in [0, 0.1) is 5.92 Å². The van der Waals surface area contributed by atoms with E-state index in [1.54, 1.807) is 0 Å². The van der Waals surface area contributed by atoms with Crippen molar-refractivity contribution < 1.29 is 9.53 Å². The molecule has 2 N–H and O–H groups in total. The monoisotopic (exact) mass is 285 g/mol. The molecule has 0 radical (unpaired) electrons. The fraction of sp³-hybridized carbons (Fsp3) is 0.933. The lowest BCUT2D eigenvalue weighted by Gasteiger charge is -2.36. The molecular formula is C15H31N3O2. The molecule has 1 atom stereocenters. The molecule has 1 saturated heterocycles. The van der Waals surface area contributed by atoms with Crippen molar-refractivity contribution in [1.29, 1.82) is 0 Å². The van der Waals surface area contributed by atoms with E-state index in [0.717, 1.165) is 32.7 Å². The largest absolute Gasteiger partial charge is 0.379 e. The molecule has 1 heterocycles. The molecule has 118 valence electrons. The van der Waals surface area contributed by atoms with E-state index in [0.29, 0.717) is 18.5 Å². The average Bonchev–Trinajstić information content (AvgIpc) is 2.43. The second kappa shape index (κ2) is 7.96. The number of likely N-dealkylation sites (N-methyl/N-ethyl adjacent to an activating group) is 1. The van der Waals surface area contributed by atoms with Crippen molar-refractivity contribution in [2.24, 2.45) is 5.92 Å². The molecule has 0 saturated carbocycles. The number of amides is 1. The molecule has 0 aromatic heterocycles. The van der Waals surface area contributed by atoms with Crippen molar-refractivity contribution in [2.75, 3.05) is 39.9 Å². The summed E-state index contributed by atoms with van der Waals surface area (Å²) in [6.07, 6.45) is 1.10. The molecule has 0 bridgehead atoms. The van der Waals surface area contributed by atoms with E-state index >= 15 is 0 Å². The van der Waals surface area contributed by atoms with Gasteiger partial charge in [0, 0.05) is 25.7 Å². The summed E-state index contributed by atoms with van der Waals surface area (Å²) in [6.45, 7) is 12.5. The average molecular weight is 285 g/mol. The van der Waals surface area contributed by atoms with Crippen molar-refractivity contribution in [3.05, 3.63) is 0 Å². The van der Waals surface area contributed by atoms with Crippen LogP contribution in [-0.4, -0.2) is 62.3 Å². The quantitative estimate of drug-likeness (QED) is 0.728. The first kappa shape index (κ1) is 17.4. The van der Waals surface area contributed by atoms with Gasteiger partial charge in [0.15, 0.2) is 0 Å². The first-order valence-electron chi connectivity index (χ1n) is 7.66. The van der Waals surface area contributed by atoms with Gasteiger partial charge in [0.1, 0.15) is 0 Å². The Morgan fingerprint density at radius 2 is 1.90 bits per heavy atom. The normalized spacial score (nSPS) is 19.1. The van der Waals surface area contributed by atoms with Gasteiger partial charge in [0.05, 0.1) is 18.8 Å². The summed E-state index contributed by atoms with van der Waals surface area (Å²) in [5.41, 5.74) is -0.520.